The number of oxime groups is 1. The summed E-state index contributed by atoms with van der Waals surface area (Å²) in [5, 5.41) is 17.6. The Balaban J connectivity index is 2.12. The zero-order chi connectivity index (χ0) is 12.9. The smallest absolute Gasteiger partial charge is 0.234 e. The minimum absolute atomic E-state index is 0.0362. The van der Waals surface area contributed by atoms with Gasteiger partial charge in [-0.2, -0.15) is 0 Å². The second-order valence-corrected chi connectivity index (χ2v) is 5.14. The van der Waals surface area contributed by atoms with Crippen LogP contribution in [0.5, 0.6) is 0 Å². The fourth-order valence-corrected chi connectivity index (χ4v) is 1.37. The molecule has 0 aromatic carbocycles. The van der Waals surface area contributed by atoms with E-state index in [1.165, 1.54) is 0 Å². The molecule has 98 valence electrons. The van der Waals surface area contributed by atoms with Gasteiger partial charge in [0.05, 0.1) is 6.54 Å². The Bertz CT molecular complexity index is 298. The van der Waals surface area contributed by atoms with Crippen LogP contribution >= 0.6 is 0 Å². The number of nitrogens with two attached hydrogens (primary N) is 1. The Morgan fingerprint density at radius 2 is 2.18 bits per heavy atom. The van der Waals surface area contributed by atoms with E-state index in [-0.39, 0.29) is 17.2 Å². The maximum absolute atomic E-state index is 11.3. The van der Waals surface area contributed by atoms with Crippen molar-refractivity contribution >= 4 is 11.7 Å². The summed E-state index contributed by atoms with van der Waals surface area (Å²) in [5.41, 5.74) is 5.19. The number of carbonyl (C=O) groups excluding carboxylic acids is 1. The van der Waals surface area contributed by atoms with E-state index in [0.29, 0.717) is 25.6 Å². The minimum atomic E-state index is -0.366. The molecule has 0 heterocycles. The number of amidine groups is 1. The van der Waals surface area contributed by atoms with Crippen LogP contribution in [0, 0.1) is 5.41 Å². The van der Waals surface area contributed by atoms with Crippen molar-refractivity contribution in [2.75, 3.05) is 13.1 Å². The van der Waals surface area contributed by atoms with Gasteiger partial charge in [-0.3, -0.25) is 4.79 Å². The first-order valence-electron chi connectivity index (χ1n) is 5.94. The zero-order valence-corrected chi connectivity index (χ0v) is 10.5. The predicted molar refractivity (Wildman–Crippen MR) is 65.8 cm³/mol. The molecule has 1 rings (SSSR count). The van der Waals surface area contributed by atoms with Crippen LogP contribution in [0.25, 0.3) is 0 Å². The predicted octanol–water partition coefficient (Wildman–Crippen LogP) is 0.0173. The van der Waals surface area contributed by atoms with Crippen LogP contribution in [-0.2, 0) is 4.79 Å². The van der Waals surface area contributed by atoms with Crippen molar-refractivity contribution in [2.24, 2.45) is 16.3 Å². The fraction of sp³-hybridized carbons (Fsp3) is 0.818. The summed E-state index contributed by atoms with van der Waals surface area (Å²) in [6, 6.07) is 0.401. The number of hydrogen-bond acceptors (Lipinski definition) is 4. The van der Waals surface area contributed by atoms with E-state index in [2.05, 4.69) is 15.8 Å². The molecule has 6 heteroatoms. The van der Waals surface area contributed by atoms with E-state index in [4.69, 9.17) is 10.9 Å². The molecule has 1 fully saturated rings. The van der Waals surface area contributed by atoms with Gasteiger partial charge >= 0.3 is 0 Å². The van der Waals surface area contributed by atoms with Gasteiger partial charge in [-0.25, -0.2) is 0 Å². The van der Waals surface area contributed by atoms with Gasteiger partial charge in [0.1, 0.15) is 5.84 Å². The molecule has 0 saturated heterocycles. The summed E-state index contributed by atoms with van der Waals surface area (Å²) >= 11 is 0. The van der Waals surface area contributed by atoms with Crippen LogP contribution in [0.1, 0.15) is 33.1 Å². The summed E-state index contributed by atoms with van der Waals surface area (Å²) < 4.78 is 0. The van der Waals surface area contributed by atoms with E-state index >= 15 is 0 Å². The molecule has 0 aliphatic heterocycles. The molecular weight excluding hydrogens is 220 g/mol. The first kappa shape index (κ1) is 13.8. The van der Waals surface area contributed by atoms with Crippen molar-refractivity contribution < 1.29 is 10.0 Å². The molecule has 1 amide bonds. The normalized spacial score (nSPS) is 16.9. The van der Waals surface area contributed by atoms with E-state index in [1.54, 1.807) is 0 Å². The Hall–Kier alpha value is -1.30. The average Bonchev–Trinajstić information content (AvgIpc) is 3.07. The van der Waals surface area contributed by atoms with Gasteiger partial charge in [0, 0.05) is 11.5 Å². The Kier molecular flexibility index (Phi) is 4.74. The summed E-state index contributed by atoms with van der Waals surface area (Å²) in [7, 11) is 0. The lowest BCUT2D eigenvalue weighted by Gasteiger charge is -2.22. The highest BCUT2D eigenvalue weighted by atomic mass is 16.4. The summed E-state index contributed by atoms with van der Waals surface area (Å²) in [6.45, 7) is 4.77. The molecule has 6 nitrogen and oxygen atoms in total. The maximum Gasteiger partial charge on any atom is 0.234 e. The molecular formula is C11H22N4O2. The number of nitrogens with one attached hydrogen (secondary N) is 2. The largest absolute Gasteiger partial charge is 0.409 e. The van der Waals surface area contributed by atoms with Crippen molar-refractivity contribution in [1.29, 1.82) is 0 Å². The van der Waals surface area contributed by atoms with E-state index in [0.717, 1.165) is 12.8 Å². The molecule has 0 spiro atoms. The third kappa shape index (κ3) is 5.04. The minimum Gasteiger partial charge on any atom is -0.409 e. The SMILES string of the molecule is CC(C)(CCNCC(=O)NC1CC1)C(N)=NO. The molecule has 0 atom stereocenters. The van der Waals surface area contributed by atoms with Crippen molar-refractivity contribution in [2.45, 2.75) is 39.2 Å². The van der Waals surface area contributed by atoms with E-state index in [9.17, 15) is 4.79 Å². The van der Waals surface area contributed by atoms with Gasteiger partial charge in [-0.1, -0.05) is 19.0 Å². The van der Waals surface area contributed by atoms with Gasteiger partial charge < -0.3 is 21.6 Å². The third-order valence-electron chi connectivity index (χ3n) is 2.96. The molecule has 1 saturated carbocycles. The lowest BCUT2D eigenvalue weighted by molar-refractivity contribution is -0.120. The van der Waals surface area contributed by atoms with Crippen LogP contribution in [0.15, 0.2) is 5.16 Å². The second-order valence-electron chi connectivity index (χ2n) is 5.14. The number of amides is 1. The van der Waals surface area contributed by atoms with Gasteiger partial charge in [-0.15, -0.1) is 0 Å². The highest BCUT2D eigenvalue weighted by Crippen LogP contribution is 2.19. The van der Waals surface area contributed by atoms with Crippen molar-refractivity contribution in [1.82, 2.24) is 10.6 Å². The summed E-state index contributed by atoms with van der Waals surface area (Å²) in [5.74, 6) is 0.246. The average molecular weight is 242 g/mol. The lowest BCUT2D eigenvalue weighted by atomic mass is 9.88. The lowest BCUT2D eigenvalue weighted by Crippen LogP contribution is -2.38. The summed E-state index contributed by atoms with van der Waals surface area (Å²) in [6.07, 6.45) is 2.91. The molecule has 0 radical (unpaired) electrons. The Morgan fingerprint density at radius 3 is 2.71 bits per heavy atom. The van der Waals surface area contributed by atoms with Crippen molar-refractivity contribution in [3.63, 3.8) is 0 Å². The Morgan fingerprint density at radius 1 is 1.53 bits per heavy atom. The van der Waals surface area contributed by atoms with Gasteiger partial charge in [0.2, 0.25) is 5.91 Å². The van der Waals surface area contributed by atoms with Gasteiger partial charge in [0.25, 0.3) is 0 Å². The third-order valence-corrected chi connectivity index (χ3v) is 2.96. The van der Waals surface area contributed by atoms with Crippen LogP contribution in [0.3, 0.4) is 0 Å². The molecule has 1 aliphatic carbocycles. The molecule has 5 N–H and O–H groups in total. The highest BCUT2D eigenvalue weighted by molar-refractivity contribution is 5.85. The second kappa shape index (κ2) is 5.86. The van der Waals surface area contributed by atoms with Crippen LogP contribution in [0.4, 0.5) is 0 Å². The zero-order valence-electron chi connectivity index (χ0n) is 10.5. The first-order chi connectivity index (χ1) is 7.95. The molecule has 0 unspecified atom stereocenters. The quantitative estimate of drug-likeness (QED) is 0.166. The molecule has 1 aliphatic rings. The molecule has 0 aromatic rings. The van der Waals surface area contributed by atoms with Crippen molar-refractivity contribution in [3.05, 3.63) is 0 Å². The number of nitrogens with zero attached hydrogens (tertiary/aromatic N) is 1. The molecule has 0 aromatic heterocycles. The van der Waals surface area contributed by atoms with E-state index < -0.39 is 0 Å². The standard InChI is InChI=1S/C11H22N4O2/c1-11(2,10(12)15-17)5-6-13-7-9(16)14-8-3-4-8/h8,13,17H,3-7H2,1-2H3,(H2,12,15)(H,14,16). The number of carbonyl (C=O) groups is 1. The van der Waals surface area contributed by atoms with Crippen molar-refractivity contribution in [3.8, 4) is 0 Å². The van der Waals surface area contributed by atoms with Crippen LogP contribution in [-0.4, -0.2) is 36.1 Å². The number of hydrogen-bond donors (Lipinski definition) is 4. The topological polar surface area (TPSA) is 99.7 Å². The van der Waals surface area contributed by atoms with Gasteiger partial charge in [0.15, 0.2) is 0 Å². The molecule has 0 bridgehead atoms. The highest BCUT2D eigenvalue weighted by Gasteiger charge is 2.24. The summed E-state index contributed by atoms with van der Waals surface area (Å²) in [4.78, 5) is 11.3. The fourth-order valence-electron chi connectivity index (χ4n) is 1.37. The molecule has 17 heavy (non-hydrogen) atoms. The Labute approximate surface area is 102 Å². The van der Waals surface area contributed by atoms with Crippen LogP contribution < -0.4 is 16.4 Å². The van der Waals surface area contributed by atoms with Crippen LogP contribution in [0.2, 0.25) is 0 Å². The first-order valence-corrected chi connectivity index (χ1v) is 5.94. The number of rotatable bonds is 7. The van der Waals surface area contributed by atoms with E-state index in [1.807, 2.05) is 13.8 Å². The maximum atomic E-state index is 11.3. The van der Waals surface area contributed by atoms with Gasteiger partial charge in [-0.05, 0) is 25.8 Å². The monoisotopic (exact) mass is 242 g/mol.